The second kappa shape index (κ2) is 4.86. The Bertz CT molecular complexity index is 323. The first kappa shape index (κ1) is 11.4. The fourth-order valence-corrected chi connectivity index (χ4v) is 3.70. The molecule has 0 aliphatic heterocycles. The molecular weight excluding hydrogens is 228 g/mol. The van der Waals surface area contributed by atoms with Crippen LogP contribution in [-0.4, -0.2) is 11.2 Å². The predicted molar refractivity (Wildman–Crippen MR) is 65.5 cm³/mol. The normalized spacial score (nSPS) is 28.2. The lowest BCUT2D eigenvalue weighted by atomic mass is 9.90. The van der Waals surface area contributed by atoms with Crippen molar-refractivity contribution in [3.63, 3.8) is 0 Å². The number of hydrogen-bond donors (Lipinski definition) is 1. The summed E-state index contributed by atoms with van der Waals surface area (Å²) in [4.78, 5) is 1.20. The van der Waals surface area contributed by atoms with Gasteiger partial charge in [-0.1, -0.05) is 31.4 Å². The van der Waals surface area contributed by atoms with Crippen LogP contribution in [0.3, 0.4) is 0 Å². The van der Waals surface area contributed by atoms with Crippen molar-refractivity contribution in [3.05, 3.63) is 21.3 Å². The van der Waals surface area contributed by atoms with Gasteiger partial charge in [0.25, 0.3) is 0 Å². The summed E-state index contributed by atoms with van der Waals surface area (Å²) in [5, 5.41) is 10.1. The number of rotatable bonds is 3. The molecular formula is C12H17ClOS. The van der Waals surface area contributed by atoms with Crippen LogP contribution in [-0.2, 0) is 6.42 Å². The quantitative estimate of drug-likeness (QED) is 0.859. The van der Waals surface area contributed by atoms with Crippen LogP contribution in [0.15, 0.2) is 12.1 Å². The van der Waals surface area contributed by atoms with E-state index in [0.29, 0.717) is 11.8 Å². The van der Waals surface area contributed by atoms with Gasteiger partial charge in [0.15, 0.2) is 0 Å². The highest BCUT2D eigenvalue weighted by Gasteiger charge is 2.29. The molecule has 1 aromatic rings. The third kappa shape index (κ3) is 2.74. The third-order valence-electron chi connectivity index (χ3n) is 3.46. The van der Waals surface area contributed by atoms with Crippen LogP contribution >= 0.6 is 22.9 Å². The molecule has 84 valence electrons. The van der Waals surface area contributed by atoms with Crippen molar-refractivity contribution in [2.45, 2.75) is 38.7 Å². The van der Waals surface area contributed by atoms with Crippen molar-refractivity contribution in [2.24, 2.45) is 11.8 Å². The molecule has 0 radical (unpaired) electrons. The van der Waals surface area contributed by atoms with Crippen LogP contribution in [0.2, 0.25) is 4.34 Å². The molecule has 3 unspecified atom stereocenters. The predicted octanol–water partition coefficient (Wildman–Crippen LogP) is 3.74. The van der Waals surface area contributed by atoms with Crippen molar-refractivity contribution < 1.29 is 5.11 Å². The van der Waals surface area contributed by atoms with E-state index in [1.807, 2.05) is 12.1 Å². The molecule has 0 bridgehead atoms. The van der Waals surface area contributed by atoms with Gasteiger partial charge in [0.2, 0.25) is 0 Å². The smallest absolute Gasteiger partial charge is 0.0931 e. The Kier molecular flexibility index (Phi) is 3.70. The number of halogens is 1. The Labute approximate surface area is 100 Å². The van der Waals surface area contributed by atoms with Gasteiger partial charge in [-0.2, -0.15) is 0 Å². The van der Waals surface area contributed by atoms with E-state index in [-0.39, 0.29) is 6.10 Å². The zero-order valence-electron chi connectivity index (χ0n) is 8.95. The van der Waals surface area contributed by atoms with Crippen LogP contribution < -0.4 is 0 Å². The standard InChI is InChI=1S/C12H17ClOS/c1-8-3-2-4-10(8)11(14)7-9-5-6-12(13)15-9/h5-6,8,10-11,14H,2-4,7H2,1H3. The van der Waals surface area contributed by atoms with E-state index in [1.54, 1.807) is 11.3 Å². The van der Waals surface area contributed by atoms with Crippen LogP contribution in [0.4, 0.5) is 0 Å². The number of aliphatic hydroxyl groups is 1. The summed E-state index contributed by atoms with van der Waals surface area (Å²) in [6.07, 6.45) is 4.31. The highest BCUT2D eigenvalue weighted by Crippen LogP contribution is 2.35. The topological polar surface area (TPSA) is 20.2 Å². The highest BCUT2D eigenvalue weighted by atomic mass is 35.5. The van der Waals surface area contributed by atoms with Gasteiger partial charge < -0.3 is 5.11 Å². The SMILES string of the molecule is CC1CCCC1C(O)Cc1ccc(Cl)s1. The molecule has 1 nitrogen and oxygen atoms in total. The molecule has 0 saturated heterocycles. The van der Waals surface area contributed by atoms with Gasteiger partial charge in [0.05, 0.1) is 10.4 Å². The summed E-state index contributed by atoms with van der Waals surface area (Å²) in [5.74, 6) is 1.17. The summed E-state index contributed by atoms with van der Waals surface area (Å²) < 4.78 is 0.816. The lowest BCUT2D eigenvalue weighted by molar-refractivity contribution is 0.0909. The Balaban J connectivity index is 1.94. The van der Waals surface area contributed by atoms with E-state index < -0.39 is 0 Å². The molecule has 15 heavy (non-hydrogen) atoms. The van der Waals surface area contributed by atoms with Crippen molar-refractivity contribution >= 4 is 22.9 Å². The summed E-state index contributed by atoms with van der Waals surface area (Å²) in [6, 6.07) is 3.93. The first-order chi connectivity index (χ1) is 7.16. The van der Waals surface area contributed by atoms with Crippen LogP contribution in [0.5, 0.6) is 0 Å². The zero-order valence-corrected chi connectivity index (χ0v) is 10.5. The fraction of sp³-hybridized carbons (Fsp3) is 0.667. The minimum Gasteiger partial charge on any atom is -0.392 e. The maximum Gasteiger partial charge on any atom is 0.0931 e. The van der Waals surface area contributed by atoms with Crippen LogP contribution in [0.25, 0.3) is 0 Å². The minimum atomic E-state index is -0.183. The molecule has 1 heterocycles. The van der Waals surface area contributed by atoms with Gasteiger partial charge >= 0.3 is 0 Å². The average molecular weight is 245 g/mol. The van der Waals surface area contributed by atoms with Gasteiger partial charge in [-0.05, 0) is 30.4 Å². The molecule has 2 rings (SSSR count). The molecule has 1 N–H and O–H groups in total. The largest absolute Gasteiger partial charge is 0.392 e. The fourth-order valence-electron chi connectivity index (χ4n) is 2.56. The lowest BCUT2D eigenvalue weighted by Crippen LogP contribution is -2.24. The van der Waals surface area contributed by atoms with Crippen LogP contribution in [0, 0.1) is 11.8 Å². The average Bonchev–Trinajstić information content (AvgIpc) is 2.75. The Morgan fingerprint density at radius 2 is 2.33 bits per heavy atom. The van der Waals surface area contributed by atoms with E-state index in [2.05, 4.69) is 6.92 Å². The van der Waals surface area contributed by atoms with Crippen LogP contribution in [0.1, 0.15) is 31.1 Å². The number of aliphatic hydroxyl groups excluding tert-OH is 1. The molecule has 1 aromatic heterocycles. The van der Waals surface area contributed by atoms with Gasteiger partial charge in [-0.25, -0.2) is 0 Å². The summed E-state index contributed by atoms with van der Waals surface area (Å²) in [7, 11) is 0. The monoisotopic (exact) mass is 244 g/mol. The van der Waals surface area contributed by atoms with E-state index in [1.165, 1.54) is 24.1 Å². The molecule has 0 spiro atoms. The summed E-state index contributed by atoms with van der Waals surface area (Å²) in [6.45, 7) is 2.25. The molecule has 1 fully saturated rings. The van der Waals surface area contributed by atoms with Crippen molar-refractivity contribution in [1.29, 1.82) is 0 Å². The van der Waals surface area contributed by atoms with Crippen molar-refractivity contribution in [3.8, 4) is 0 Å². The number of hydrogen-bond acceptors (Lipinski definition) is 2. The van der Waals surface area contributed by atoms with Crippen molar-refractivity contribution in [2.75, 3.05) is 0 Å². The van der Waals surface area contributed by atoms with Crippen molar-refractivity contribution in [1.82, 2.24) is 0 Å². The zero-order chi connectivity index (χ0) is 10.8. The Hall–Kier alpha value is -0.0500. The minimum absolute atomic E-state index is 0.183. The second-order valence-corrected chi connectivity index (χ2v) is 6.35. The molecule has 0 amide bonds. The van der Waals surface area contributed by atoms with Gasteiger partial charge in [0, 0.05) is 11.3 Å². The van der Waals surface area contributed by atoms with E-state index >= 15 is 0 Å². The van der Waals surface area contributed by atoms with Gasteiger partial charge in [-0.15, -0.1) is 11.3 Å². The summed E-state index contributed by atoms with van der Waals surface area (Å²) in [5.41, 5.74) is 0. The molecule has 1 saturated carbocycles. The van der Waals surface area contributed by atoms with E-state index in [0.717, 1.165) is 10.8 Å². The first-order valence-electron chi connectivity index (χ1n) is 5.59. The first-order valence-corrected chi connectivity index (χ1v) is 6.78. The summed E-state index contributed by atoms with van der Waals surface area (Å²) >= 11 is 7.45. The van der Waals surface area contributed by atoms with E-state index in [4.69, 9.17) is 11.6 Å². The molecule has 3 atom stereocenters. The Morgan fingerprint density at radius 3 is 2.87 bits per heavy atom. The van der Waals surface area contributed by atoms with Gasteiger partial charge in [0.1, 0.15) is 0 Å². The lowest BCUT2D eigenvalue weighted by Gasteiger charge is -2.21. The maximum absolute atomic E-state index is 10.1. The second-order valence-electron chi connectivity index (χ2n) is 4.55. The molecule has 1 aliphatic carbocycles. The molecule has 3 heteroatoms. The molecule has 0 aromatic carbocycles. The third-order valence-corrected chi connectivity index (χ3v) is 4.71. The van der Waals surface area contributed by atoms with Gasteiger partial charge in [-0.3, -0.25) is 0 Å². The van der Waals surface area contributed by atoms with E-state index in [9.17, 15) is 5.11 Å². The number of thiophene rings is 1. The Morgan fingerprint density at radius 1 is 1.53 bits per heavy atom. The maximum atomic E-state index is 10.1. The highest BCUT2D eigenvalue weighted by molar-refractivity contribution is 7.16. The molecule has 1 aliphatic rings.